The highest BCUT2D eigenvalue weighted by molar-refractivity contribution is 5.54. The van der Waals surface area contributed by atoms with Crippen LogP contribution in [0, 0.1) is 33.5 Å². The SMILES string of the molecule is CCCC(CCCOc1c(C(C)(C)CC(C)(C)C)cc(CCc2cc(C(C)(C)CC(C)(C)C)c(OCCCC(CCC)C3CO3)c(C(C)(C)CC(C)(C)C)c2)cc1C(C)(C)CC(C)(C)C)C1CO1. The average Bonchev–Trinajstić information content (AvgIpc) is 4.07. The first-order valence-corrected chi connectivity index (χ1v) is 27.9. The zero-order valence-corrected chi connectivity index (χ0v) is 49.0. The maximum Gasteiger partial charge on any atom is 0.126 e. The van der Waals surface area contributed by atoms with Gasteiger partial charge < -0.3 is 18.9 Å². The topological polar surface area (TPSA) is 43.5 Å². The van der Waals surface area contributed by atoms with E-state index in [0.717, 1.165) is 89.3 Å². The van der Waals surface area contributed by atoms with E-state index in [9.17, 15) is 0 Å². The van der Waals surface area contributed by atoms with Gasteiger partial charge in [0.15, 0.2) is 0 Å². The summed E-state index contributed by atoms with van der Waals surface area (Å²) in [7, 11) is 0. The van der Waals surface area contributed by atoms with Gasteiger partial charge in [0.2, 0.25) is 0 Å². The number of benzene rings is 2. The van der Waals surface area contributed by atoms with E-state index in [1.807, 2.05) is 0 Å². The highest BCUT2D eigenvalue weighted by atomic mass is 16.6. The average molecular weight is 944 g/mol. The Labute approximate surface area is 422 Å². The van der Waals surface area contributed by atoms with Crippen LogP contribution in [0.2, 0.25) is 0 Å². The Morgan fingerprint density at radius 2 is 0.676 bits per heavy atom. The van der Waals surface area contributed by atoms with Crippen molar-refractivity contribution in [1.29, 1.82) is 0 Å². The molecule has 0 saturated carbocycles. The number of rotatable bonds is 27. The molecule has 2 heterocycles. The molecule has 2 fully saturated rings. The van der Waals surface area contributed by atoms with Gasteiger partial charge in [-0.05, 0) is 143 Å². The smallest absolute Gasteiger partial charge is 0.126 e. The van der Waals surface area contributed by atoms with E-state index in [1.165, 1.54) is 71.9 Å². The van der Waals surface area contributed by atoms with Crippen molar-refractivity contribution in [1.82, 2.24) is 0 Å². The Morgan fingerprint density at radius 3 is 0.882 bits per heavy atom. The third kappa shape index (κ3) is 18.5. The van der Waals surface area contributed by atoms with Gasteiger partial charge in [0.1, 0.15) is 11.5 Å². The molecule has 390 valence electrons. The van der Waals surface area contributed by atoms with Crippen LogP contribution in [-0.4, -0.2) is 38.6 Å². The second kappa shape index (κ2) is 22.8. The first-order valence-electron chi connectivity index (χ1n) is 27.9. The molecule has 0 aromatic heterocycles. The summed E-state index contributed by atoms with van der Waals surface area (Å²) in [6, 6.07) is 10.3. The Bertz CT molecular complexity index is 1640. The van der Waals surface area contributed by atoms with Crippen molar-refractivity contribution in [2.45, 2.75) is 276 Å². The molecule has 0 radical (unpaired) electrons. The number of hydrogen-bond acceptors (Lipinski definition) is 4. The molecule has 0 amide bonds. The minimum absolute atomic E-state index is 0.0850. The molecule has 4 heteroatoms. The van der Waals surface area contributed by atoms with Crippen LogP contribution in [-0.2, 0) is 44.0 Å². The standard InChI is InChI=1S/C64H110O4/c1-23-27-47(53-39-67-53)29-25-33-65-55-49(61(15,16)41-57(3,4)5)35-45(36-50(55)62(17,18)42-58(6,7)8)31-32-46-37-51(63(19,20)43-59(9,10)11)56(52(38-46)64(21,22)44-60(12,13)14)66-34-26-30-48(28-24-2)54-40-68-54/h35-38,47-48,53-54H,23-34,39-44H2,1-22H3. The molecule has 4 rings (SSSR count). The van der Waals surface area contributed by atoms with E-state index in [2.05, 4.69) is 177 Å². The summed E-state index contributed by atoms with van der Waals surface area (Å²) in [5.41, 5.74) is 8.69. The van der Waals surface area contributed by atoms with Crippen LogP contribution in [0.15, 0.2) is 24.3 Å². The minimum atomic E-state index is -0.0850. The number of ether oxygens (including phenoxy) is 4. The van der Waals surface area contributed by atoms with E-state index >= 15 is 0 Å². The zero-order valence-electron chi connectivity index (χ0n) is 49.0. The molecule has 68 heavy (non-hydrogen) atoms. The Kier molecular flexibility index (Phi) is 19.6. The van der Waals surface area contributed by atoms with Crippen molar-refractivity contribution in [3.8, 4) is 11.5 Å². The fourth-order valence-corrected chi connectivity index (χ4v) is 13.4. The van der Waals surface area contributed by atoms with Crippen LogP contribution in [0.25, 0.3) is 0 Å². The molecular formula is C64H110O4. The minimum Gasteiger partial charge on any atom is -0.493 e. The number of aryl methyl sites for hydroxylation is 2. The van der Waals surface area contributed by atoms with Crippen molar-refractivity contribution < 1.29 is 18.9 Å². The third-order valence-corrected chi connectivity index (χ3v) is 14.8. The molecule has 2 aliphatic heterocycles. The van der Waals surface area contributed by atoms with E-state index in [1.54, 1.807) is 0 Å². The molecule has 0 bridgehead atoms. The normalized spacial score (nSPS) is 18.4. The van der Waals surface area contributed by atoms with Gasteiger partial charge in [-0.15, -0.1) is 0 Å². The summed E-state index contributed by atoms with van der Waals surface area (Å²) >= 11 is 0. The summed E-state index contributed by atoms with van der Waals surface area (Å²) in [5.74, 6) is 3.59. The second-order valence-corrected chi connectivity index (χ2v) is 29.8. The molecule has 4 nitrogen and oxygen atoms in total. The zero-order chi connectivity index (χ0) is 51.3. The van der Waals surface area contributed by atoms with Gasteiger partial charge in [-0.25, -0.2) is 0 Å². The van der Waals surface area contributed by atoms with Gasteiger partial charge in [-0.2, -0.15) is 0 Å². The lowest BCUT2D eigenvalue weighted by Crippen LogP contribution is -2.30. The summed E-state index contributed by atoms with van der Waals surface area (Å²) in [5, 5.41) is 0. The summed E-state index contributed by atoms with van der Waals surface area (Å²) < 4.78 is 26.1. The Balaban J connectivity index is 1.87. The van der Waals surface area contributed by atoms with E-state index in [-0.39, 0.29) is 43.3 Å². The Morgan fingerprint density at radius 1 is 0.426 bits per heavy atom. The summed E-state index contributed by atoms with van der Waals surface area (Å²) in [6.07, 6.45) is 16.5. The van der Waals surface area contributed by atoms with Crippen molar-refractivity contribution in [2.24, 2.45) is 33.5 Å². The molecule has 0 N–H and O–H groups in total. The van der Waals surface area contributed by atoms with E-state index in [4.69, 9.17) is 18.9 Å². The molecule has 2 aromatic carbocycles. The molecule has 2 saturated heterocycles. The van der Waals surface area contributed by atoms with Gasteiger partial charge in [0, 0.05) is 22.3 Å². The van der Waals surface area contributed by atoms with Gasteiger partial charge >= 0.3 is 0 Å². The fourth-order valence-electron chi connectivity index (χ4n) is 13.4. The molecule has 4 unspecified atom stereocenters. The predicted octanol–water partition coefficient (Wildman–Crippen LogP) is 18.3. The quantitative estimate of drug-likeness (QED) is 0.0661. The van der Waals surface area contributed by atoms with E-state index < -0.39 is 0 Å². The molecule has 2 aliphatic rings. The molecule has 0 spiro atoms. The maximum absolute atomic E-state index is 7.23. The third-order valence-electron chi connectivity index (χ3n) is 14.8. The lowest BCUT2D eigenvalue weighted by atomic mass is 9.67. The highest BCUT2D eigenvalue weighted by Gasteiger charge is 2.39. The van der Waals surface area contributed by atoms with Gasteiger partial charge in [0.05, 0.1) is 38.6 Å². The van der Waals surface area contributed by atoms with Crippen molar-refractivity contribution in [3.05, 3.63) is 57.6 Å². The first kappa shape index (κ1) is 58.5. The lowest BCUT2D eigenvalue weighted by molar-refractivity contribution is 0.234. The van der Waals surface area contributed by atoms with Crippen LogP contribution in [0.1, 0.15) is 263 Å². The molecule has 2 aromatic rings. The first-order chi connectivity index (χ1) is 31.1. The lowest BCUT2D eigenvalue weighted by Gasteiger charge is -2.39. The van der Waals surface area contributed by atoms with Crippen LogP contribution >= 0.6 is 0 Å². The van der Waals surface area contributed by atoms with E-state index in [0.29, 0.717) is 24.0 Å². The van der Waals surface area contributed by atoms with Crippen molar-refractivity contribution >= 4 is 0 Å². The predicted molar refractivity (Wildman–Crippen MR) is 294 cm³/mol. The summed E-state index contributed by atoms with van der Waals surface area (Å²) in [4.78, 5) is 0. The van der Waals surface area contributed by atoms with Gasteiger partial charge in [0.25, 0.3) is 0 Å². The van der Waals surface area contributed by atoms with Crippen LogP contribution < -0.4 is 9.47 Å². The van der Waals surface area contributed by atoms with Crippen LogP contribution in [0.3, 0.4) is 0 Å². The van der Waals surface area contributed by atoms with Crippen molar-refractivity contribution in [3.63, 3.8) is 0 Å². The number of hydrogen-bond donors (Lipinski definition) is 0. The van der Waals surface area contributed by atoms with Gasteiger partial charge in [-0.1, -0.05) is 189 Å². The van der Waals surface area contributed by atoms with Crippen LogP contribution in [0.4, 0.5) is 0 Å². The van der Waals surface area contributed by atoms with Crippen LogP contribution in [0.5, 0.6) is 11.5 Å². The molecule has 0 aliphatic carbocycles. The molecule has 4 atom stereocenters. The van der Waals surface area contributed by atoms with Gasteiger partial charge in [-0.3, -0.25) is 0 Å². The fraction of sp³-hybridized carbons (Fsp3) is 0.812. The second-order valence-electron chi connectivity index (χ2n) is 29.8. The largest absolute Gasteiger partial charge is 0.493 e. The number of epoxide rings is 2. The highest BCUT2D eigenvalue weighted by Crippen LogP contribution is 2.50. The monoisotopic (exact) mass is 943 g/mol. The molecular weight excluding hydrogens is 833 g/mol. The van der Waals surface area contributed by atoms with Crippen molar-refractivity contribution in [2.75, 3.05) is 26.4 Å². The summed E-state index contributed by atoms with van der Waals surface area (Å²) in [6.45, 7) is 56.5. The maximum atomic E-state index is 7.23. The Hall–Kier alpha value is -2.04.